The first-order valence-corrected chi connectivity index (χ1v) is 29.4. The van der Waals surface area contributed by atoms with Gasteiger partial charge in [0.25, 0.3) is 6.71 Å². The van der Waals surface area contributed by atoms with E-state index in [9.17, 15) is 0 Å². The third-order valence-electron chi connectivity index (χ3n) is 17.1. The van der Waals surface area contributed by atoms with Crippen LogP contribution in [-0.2, 0) is 0 Å². The molecule has 12 aromatic rings. The Morgan fingerprint density at radius 2 is 0.600 bits per heavy atom. The van der Waals surface area contributed by atoms with Crippen molar-refractivity contribution in [2.24, 2.45) is 0 Å². The predicted octanol–water partition coefficient (Wildman–Crippen LogP) is 16.9. The van der Waals surface area contributed by atoms with Crippen LogP contribution in [0.5, 0.6) is 0 Å². The zero-order valence-corrected chi connectivity index (χ0v) is 47.4. The van der Waals surface area contributed by atoms with Crippen molar-refractivity contribution in [3.63, 3.8) is 0 Å². The Balaban J connectivity index is 1.02. The quantitative estimate of drug-likeness (QED) is 0.105. The molecule has 0 radical (unpaired) electrons. The lowest BCUT2D eigenvalue weighted by atomic mass is 9.31. The van der Waals surface area contributed by atoms with E-state index in [2.05, 4.69) is 0 Å². The second-order valence-corrected chi connectivity index (χ2v) is 23.1. The van der Waals surface area contributed by atoms with Gasteiger partial charge in [-0.15, -0.1) is 0 Å². The SMILES string of the molecule is Fc1cccc(F)c1N(c1ccccc1)c1cc2c3c(c1)N(c1c(F)cccc1F)c1ccccc1B3c1cc3c(cc1S2)N(c1c(F)cccc1F)c1cc(N(c2ccccc2)c2c(F)cccc2F)cc2c1B3c1ccccc1N2c1c(F)cccc1F. The zero-order valence-electron chi connectivity index (χ0n) is 46.6. The summed E-state index contributed by atoms with van der Waals surface area (Å²) in [6.45, 7) is -1.72. The molecular formula is C72H39B2F10N5S. The Bertz CT molecular complexity index is 4890. The van der Waals surface area contributed by atoms with Crippen LogP contribution in [0.2, 0.25) is 0 Å². The van der Waals surface area contributed by atoms with Crippen molar-refractivity contribution in [3.05, 3.63) is 295 Å². The van der Waals surface area contributed by atoms with E-state index >= 15 is 43.9 Å². The molecule has 4 aliphatic rings. The number of rotatable bonds is 9. The van der Waals surface area contributed by atoms with Gasteiger partial charge in [0, 0.05) is 61.0 Å². The number of hydrogen-bond acceptors (Lipinski definition) is 6. The van der Waals surface area contributed by atoms with Gasteiger partial charge >= 0.3 is 0 Å². The minimum atomic E-state index is -1.01. The minimum absolute atomic E-state index is 0.0225. The number of nitrogens with zero attached hydrogens (tertiary/aromatic N) is 5. The zero-order chi connectivity index (χ0) is 61.4. The second kappa shape index (κ2) is 21.1. The molecule has 0 atom stereocenters. The molecule has 0 amide bonds. The van der Waals surface area contributed by atoms with Crippen LogP contribution >= 0.6 is 11.8 Å². The standard InChI is InChI=1S/C72H39B2F10N5S/c75-48-22-11-23-49(76)68(48)85(40-16-3-1-4-17-40)42-34-61-66-62(35-42)89(72-56(83)30-15-31-57(72)84)60-39-64-47(38-46(60)73(66)44-20-7-9-32-58(44)87(61)70-52(79)26-13-27-53(70)80)74-45-21-8-10-33-59(45)88(71-54(81)28-14-29-55(71)82)63-36-43(37-65(90-64)67(63)74)86(41-18-5-2-6-19-41)69-50(77)24-12-25-51(69)78/h1-39H. The molecule has 0 bridgehead atoms. The summed E-state index contributed by atoms with van der Waals surface area (Å²) in [6, 6.07) is 58.3. The van der Waals surface area contributed by atoms with Gasteiger partial charge in [-0.1, -0.05) is 126 Å². The molecule has 0 aliphatic carbocycles. The second-order valence-electron chi connectivity index (χ2n) is 22.0. The normalized spacial score (nSPS) is 13.1. The number of para-hydroxylation sites is 9. The molecule has 4 heterocycles. The van der Waals surface area contributed by atoms with E-state index in [1.165, 1.54) is 66.6 Å². The molecule has 0 unspecified atom stereocenters. The van der Waals surface area contributed by atoms with Crippen LogP contribution in [0.3, 0.4) is 0 Å². The summed E-state index contributed by atoms with van der Waals surface area (Å²) in [6.07, 6.45) is 0. The Morgan fingerprint density at radius 1 is 0.256 bits per heavy atom. The summed E-state index contributed by atoms with van der Waals surface area (Å²) in [5, 5.41) is 0. The average Bonchev–Trinajstić information content (AvgIpc) is 0.691. The number of halogens is 10. The summed E-state index contributed by atoms with van der Waals surface area (Å²) < 4.78 is 168. The summed E-state index contributed by atoms with van der Waals surface area (Å²) in [5.74, 6) is -9.51. The fourth-order valence-electron chi connectivity index (χ4n) is 13.6. The number of fused-ring (bicyclic) bond motifs is 8. The molecule has 5 nitrogen and oxygen atoms in total. The van der Waals surface area contributed by atoms with Gasteiger partial charge in [0.15, 0.2) is 0 Å². The lowest BCUT2D eigenvalue weighted by Gasteiger charge is -2.46. The molecular weight excluding hydrogens is 1180 g/mol. The van der Waals surface area contributed by atoms with E-state index in [-0.39, 0.29) is 39.8 Å². The largest absolute Gasteiger partial charge is 0.306 e. The Kier molecular flexibility index (Phi) is 12.8. The van der Waals surface area contributed by atoms with Crippen LogP contribution in [0.1, 0.15) is 0 Å². The maximum atomic E-state index is 17.4. The van der Waals surface area contributed by atoms with Crippen LogP contribution in [0.25, 0.3) is 0 Å². The van der Waals surface area contributed by atoms with E-state index in [1.54, 1.807) is 133 Å². The van der Waals surface area contributed by atoms with Crippen molar-refractivity contribution in [2.45, 2.75) is 9.79 Å². The fraction of sp³-hybridized carbons (Fsp3) is 0. The highest BCUT2D eigenvalue weighted by Crippen LogP contribution is 2.53. The summed E-state index contributed by atoms with van der Waals surface area (Å²) in [4.78, 5) is 7.95. The molecule has 12 aromatic carbocycles. The third kappa shape index (κ3) is 8.30. The van der Waals surface area contributed by atoms with E-state index in [0.29, 0.717) is 59.6 Å². The smallest absolute Gasteiger partial charge is 0.252 e. The predicted molar refractivity (Wildman–Crippen MR) is 339 cm³/mol. The molecule has 0 saturated carbocycles. The lowest BCUT2D eigenvalue weighted by molar-refractivity contribution is 0.584. The van der Waals surface area contributed by atoms with Gasteiger partial charge in [-0.3, -0.25) is 0 Å². The third-order valence-corrected chi connectivity index (χ3v) is 18.2. The topological polar surface area (TPSA) is 16.2 Å². The van der Waals surface area contributed by atoms with Gasteiger partial charge in [-0.25, -0.2) is 43.9 Å². The van der Waals surface area contributed by atoms with E-state index in [4.69, 9.17) is 0 Å². The molecule has 0 spiro atoms. The molecule has 0 fully saturated rings. The van der Waals surface area contributed by atoms with Crippen LogP contribution in [0, 0.1) is 58.2 Å². The fourth-order valence-corrected chi connectivity index (χ4v) is 14.8. The monoisotopic (exact) mass is 1220 g/mol. The maximum Gasteiger partial charge on any atom is 0.252 e. The Morgan fingerprint density at radius 3 is 1.02 bits per heavy atom. The van der Waals surface area contributed by atoms with Gasteiger partial charge < -0.3 is 24.5 Å². The van der Waals surface area contributed by atoms with E-state index in [1.807, 2.05) is 12.1 Å². The molecule has 0 N–H and O–H groups in total. The van der Waals surface area contributed by atoms with Gasteiger partial charge in [-0.05, 0) is 155 Å². The van der Waals surface area contributed by atoms with E-state index in [0.717, 1.165) is 60.7 Å². The Hall–Kier alpha value is -10.6. The van der Waals surface area contributed by atoms with Crippen LogP contribution in [0.15, 0.2) is 246 Å². The van der Waals surface area contributed by atoms with Crippen molar-refractivity contribution in [3.8, 4) is 0 Å². The van der Waals surface area contributed by atoms with Crippen LogP contribution in [-0.4, -0.2) is 13.4 Å². The number of anilines is 15. The average molecular weight is 1220 g/mol. The van der Waals surface area contributed by atoms with Gasteiger partial charge in [0.05, 0.1) is 5.69 Å². The summed E-state index contributed by atoms with van der Waals surface area (Å²) in [7, 11) is 0. The van der Waals surface area contributed by atoms with Crippen molar-refractivity contribution in [1.29, 1.82) is 0 Å². The number of benzene rings is 12. The summed E-state index contributed by atoms with van der Waals surface area (Å²) in [5.41, 5.74) is 2.73. The van der Waals surface area contributed by atoms with Gasteiger partial charge in [-0.2, -0.15) is 0 Å². The van der Waals surface area contributed by atoms with Crippen molar-refractivity contribution in [1.82, 2.24) is 0 Å². The van der Waals surface area contributed by atoms with Crippen LogP contribution < -0.4 is 57.3 Å². The highest BCUT2D eigenvalue weighted by Gasteiger charge is 2.49. The molecule has 4 aliphatic heterocycles. The summed E-state index contributed by atoms with van der Waals surface area (Å²) >= 11 is 1.21. The van der Waals surface area contributed by atoms with Crippen molar-refractivity contribution in [2.75, 3.05) is 24.5 Å². The lowest BCUT2D eigenvalue weighted by Crippen LogP contribution is -2.64. The molecule has 90 heavy (non-hydrogen) atoms. The Labute approximate surface area is 513 Å². The van der Waals surface area contributed by atoms with Crippen molar-refractivity contribution >= 4 is 143 Å². The highest BCUT2D eigenvalue weighted by atomic mass is 32.2. The van der Waals surface area contributed by atoms with Gasteiger partial charge in [0.2, 0.25) is 6.71 Å². The molecule has 16 rings (SSSR count). The minimum Gasteiger partial charge on any atom is -0.306 e. The molecule has 0 saturated heterocycles. The molecule has 0 aromatic heterocycles. The molecule has 18 heteroatoms. The highest BCUT2D eigenvalue weighted by molar-refractivity contribution is 8.00. The van der Waals surface area contributed by atoms with Crippen LogP contribution in [0.4, 0.5) is 129 Å². The van der Waals surface area contributed by atoms with E-state index < -0.39 is 100 Å². The van der Waals surface area contributed by atoms with Crippen molar-refractivity contribution < 1.29 is 43.9 Å². The maximum absolute atomic E-state index is 17.4. The first-order valence-electron chi connectivity index (χ1n) is 28.5. The first kappa shape index (κ1) is 54.8. The number of hydrogen-bond donors (Lipinski definition) is 0. The molecule has 434 valence electrons. The van der Waals surface area contributed by atoms with Gasteiger partial charge in [0.1, 0.15) is 86.6 Å². The first-order chi connectivity index (χ1) is 43.8.